The standard InChI is InChI=1S/C42H30N2/c1-2-8-29(9-3-1)34-16-17-39-40(28-34)42(36-13-7-11-33(27-36)31-20-24-44-25-21-31)38-15-5-4-14-37(38)41(39)35-12-6-10-32(26-35)30-18-22-43-23-19-30/h1-24,26-28,44H,25H2. The van der Waals surface area contributed by atoms with Gasteiger partial charge in [-0.1, -0.05) is 109 Å². The van der Waals surface area contributed by atoms with Gasteiger partial charge in [-0.3, -0.25) is 4.98 Å². The highest BCUT2D eigenvalue weighted by molar-refractivity contribution is 6.22. The van der Waals surface area contributed by atoms with Crippen molar-refractivity contribution in [3.05, 3.63) is 170 Å². The minimum atomic E-state index is 0.843. The lowest BCUT2D eigenvalue weighted by atomic mass is 9.84. The molecule has 2 heteroatoms. The summed E-state index contributed by atoms with van der Waals surface area (Å²) >= 11 is 0. The monoisotopic (exact) mass is 562 g/mol. The van der Waals surface area contributed by atoms with Crippen LogP contribution >= 0.6 is 0 Å². The molecule has 0 radical (unpaired) electrons. The number of hydrogen-bond donors (Lipinski definition) is 1. The number of aromatic nitrogens is 1. The molecule has 0 spiro atoms. The molecule has 1 aliphatic heterocycles. The fourth-order valence-corrected chi connectivity index (χ4v) is 6.53. The highest BCUT2D eigenvalue weighted by Crippen LogP contribution is 2.45. The van der Waals surface area contributed by atoms with Crippen LogP contribution in [0.4, 0.5) is 0 Å². The average Bonchev–Trinajstić information content (AvgIpc) is 3.11. The molecule has 0 fully saturated rings. The Labute approximate surface area is 257 Å². The molecule has 0 saturated carbocycles. The van der Waals surface area contributed by atoms with Gasteiger partial charge in [-0.2, -0.15) is 0 Å². The SMILES string of the molecule is C1=CC(c2cccc(-c3c4ccccc4c(-c4cccc(-c5ccncc5)c4)c4ccc(-c5ccccc5)cc34)c2)=CCN1. The first-order chi connectivity index (χ1) is 21.8. The van der Waals surface area contributed by atoms with Crippen LogP contribution in [0, 0.1) is 0 Å². The third kappa shape index (κ3) is 4.67. The van der Waals surface area contributed by atoms with Gasteiger partial charge in [-0.05, 0) is 120 Å². The van der Waals surface area contributed by atoms with Crippen molar-refractivity contribution < 1.29 is 0 Å². The largest absolute Gasteiger partial charge is 0.387 e. The van der Waals surface area contributed by atoms with Crippen LogP contribution in [0.5, 0.6) is 0 Å². The van der Waals surface area contributed by atoms with E-state index in [0.29, 0.717) is 0 Å². The summed E-state index contributed by atoms with van der Waals surface area (Å²) in [6.07, 6.45) is 10.2. The molecule has 44 heavy (non-hydrogen) atoms. The second-order valence-corrected chi connectivity index (χ2v) is 11.2. The van der Waals surface area contributed by atoms with Gasteiger partial charge >= 0.3 is 0 Å². The summed E-state index contributed by atoms with van der Waals surface area (Å²) in [6, 6.07) is 48.6. The van der Waals surface area contributed by atoms with Gasteiger partial charge in [0, 0.05) is 18.9 Å². The van der Waals surface area contributed by atoms with Crippen LogP contribution in [-0.4, -0.2) is 11.5 Å². The summed E-state index contributed by atoms with van der Waals surface area (Å²) in [5, 5.41) is 8.28. The summed E-state index contributed by atoms with van der Waals surface area (Å²) in [7, 11) is 0. The first-order valence-electron chi connectivity index (χ1n) is 15.1. The van der Waals surface area contributed by atoms with Crippen LogP contribution in [0.15, 0.2) is 164 Å². The lowest BCUT2D eigenvalue weighted by Gasteiger charge is -2.20. The van der Waals surface area contributed by atoms with Crippen molar-refractivity contribution in [2.45, 2.75) is 0 Å². The smallest absolute Gasteiger partial charge is 0.0334 e. The van der Waals surface area contributed by atoms with Crippen molar-refractivity contribution in [3.63, 3.8) is 0 Å². The lowest BCUT2D eigenvalue weighted by Crippen LogP contribution is -2.08. The van der Waals surface area contributed by atoms with Gasteiger partial charge in [-0.25, -0.2) is 0 Å². The number of pyridine rings is 1. The van der Waals surface area contributed by atoms with Crippen LogP contribution < -0.4 is 5.32 Å². The third-order valence-corrected chi connectivity index (χ3v) is 8.60. The lowest BCUT2D eigenvalue weighted by molar-refractivity contribution is 0.976. The van der Waals surface area contributed by atoms with E-state index in [4.69, 9.17) is 0 Å². The van der Waals surface area contributed by atoms with Crippen molar-refractivity contribution in [3.8, 4) is 44.5 Å². The molecule has 0 saturated heterocycles. The van der Waals surface area contributed by atoms with E-state index in [1.54, 1.807) is 0 Å². The molecule has 8 rings (SSSR count). The molecule has 0 atom stereocenters. The Morgan fingerprint density at radius 2 is 1.00 bits per heavy atom. The van der Waals surface area contributed by atoms with Gasteiger partial charge in [0.25, 0.3) is 0 Å². The maximum atomic E-state index is 4.23. The number of nitrogens with one attached hydrogen (secondary N) is 1. The van der Waals surface area contributed by atoms with Crippen LogP contribution in [0.25, 0.3) is 71.6 Å². The van der Waals surface area contributed by atoms with Crippen molar-refractivity contribution in [1.82, 2.24) is 10.3 Å². The molecule has 2 heterocycles. The highest BCUT2D eigenvalue weighted by Gasteiger charge is 2.18. The van der Waals surface area contributed by atoms with E-state index in [2.05, 4.69) is 156 Å². The van der Waals surface area contributed by atoms with Crippen LogP contribution in [0.1, 0.15) is 5.56 Å². The number of benzene rings is 6. The zero-order valence-electron chi connectivity index (χ0n) is 24.2. The number of allylic oxidation sites excluding steroid dienone is 2. The Hall–Kier alpha value is -5.73. The molecule has 6 aromatic carbocycles. The summed E-state index contributed by atoms with van der Waals surface area (Å²) in [5.41, 5.74) is 12.2. The molecule has 7 aromatic rings. The maximum Gasteiger partial charge on any atom is 0.0334 e. The Balaban J connectivity index is 1.44. The predicted octanol–water partition coefficient (Wildman–Crippen LogP) is 10.6. The van der Waals surface area contributed by atoms with E-state index in [-0.39, 0.29) is 0 Å². The zero-order chi connectivity index (χ0) is 29.3. The van der Waals surface area contributed by atoms with Gasteiger partial charge in [0.15, 0.2) is 0 Å². The Morgan fingerprint density at radius 1 is 0.432 bits per heavy atom. The Kier molecular flexibility index (Phi) is 6.58. The zero-order valence-corrected chi connectivity index (χ0v) is 24.2. The molecule has 0 bridgehead atoms. The van der Waals surface area contributed by atoms with Gasteiger partial charge in [-0.15, -0.1) is 0 Å². The van der Waals surface area contributed by atoms with Crippen molar-refractivity contribution in [1.29, 1.82) is 0 Å². The molecule has 208 valence electrons. The van der Waals surface area contributed by atoms with Crippen molar-refractivity contribution in [2.24, 2.45) is 0 Å². The normalized spacial score (nSPS) is 12.7. The second-order valence-electron chi connectivity index (χ2n) is 11.2. The topological polar surface area (TPSA) is 24.9 Å². The molecule has 0 aliphatic carbocycles. The molecule has 0 unspecified atom stereocenters. The number of rotatable bonds is 5. The molecular weight excluding hydrogens is 532 g/mol. The van der Waals surface area contributed by atoms with E-state index in [1.807, 2.05) is 18.6 Å². The van der Waals surface area contributed by atoms with Crippen molar-refractivity contribution in [2.75, 3.05) is 6.54 Å². The number of dihydropyridines is 1. The summed E-state index contributed by atoms with van der Waals surface area (Å²) in [5.74, 6) is 0. The molecular formula is C42H30N2. The summed E-state index contributed by atoms with van der Waals surface area (Å²) in [6.45, 7) is 0.843. The van der Waals surface area contributed by atoms with E-state index < -0.39 is 0 Å². The fourth-order valence-electron chi connectivity index (χ4n) is 6.53. The Bertz CT molecular complexity index is 2210. The van der Waals surface area contributed by atoms with Gasteiger partial charge in [0.1, 0.15) is 0 Å². The number of fused-ring (bicyclic) bond motifs is 2. The average molecular weight is 563 g/mol. The molecule has 0 amide bonds. The minimum Gasteiger partial charge on any atom is -0.387 e. The van der Waals surface area contributed by atoms with E-state index in [0.717, 1.165) is 12.1 Å². The van der Waals surface area contributed by atoms with E-state index in [1.165, 1.54) is 71.6 Å². The van der Waals surface area contributed by atoms with Crippen LogP contribution in [0.3, 0.4) is 0 Å². The first-order valence-corrected chi connectivity index (χ1v) is 15.1. The first kappa shape index (κ1) is 25.9. The van der Waals surface area contributed by atoms with Crippen LogP contribution in [-0.2, 0) is 0 Å². The number of hydrogen-bond acceptors (Lipinski definition) is 2. The predicted molar refractivity (Wildman–Crippen MR) is 186 cm³/mol. The van der Waals surface area contributed by atoms with E-state index >= 15 is 0 Å². The van der Waals surface area contributed by atoms with Crippen molar-refractivity contribution >= 4 is 27.1 Å². The molecule has 2 nitrogen and oxygen atoms in total. The molecule has 1 aliphatic rings. The summed E-state index contributed by atoms with van der Waals surface area (Å²) < 4.78 is 0. The van der Waals surface area contributed by atoms with Gasteiger partial charge in [0.05, 0.1) is 0 Å². The third-order valence-electron chi connectivity index (χ3n) is 8.60. The number of nitrogens with zero attached hydrogens (tertiary/aromatic N) is 1. The van der Waals surface area contributed by atoms with Gasteiger partial charge < -0.3 is 5.32 Å². The minimum absolute atomic E-state index is 0.843. The highest BCUT2D eigenvalue weighted by atomic mass is 14.8. The quantitative estimate of drug-likeness (QED) is 0.211. The summed E-state index contributed by atoms with van der Waals surface area (Å²) in [4.78, 5) is 4.23. The van der Waals surface area contributed by atoms with Crippen LogP contribution in [0.2, 0.25) is 0 Å². The molecule has 1 aromatic heterocycles. The Morgan fingerprint density at radius 3 is 1.73 bits per heavy atom. The maximum absolute atomic E-state index is 4.23. The molecule has 1 N–H and O–H groups in total. The van der Waals surface area contributed by atoms with Gasteiger partial charge in [0.2, 0.25) is 0 Å². The van der Waals surface area contributed by atoms with E-state index in [9.17, 15) is 0 Å². The second kappa shape index (κ2) is 11.2. The fraction of sp³-hybridized carbons (Fsp3) is 0.0238.